The van der Waals surface area contributed by atoms with E-state index in [9.17, 15) is 26.4 Å². The summed E-state index contributed by atoms with van der Waals surface area (Å²) in [7, 11) is -3.81. The number of carbonyl (C=O) groups is 1. The Balaban J connectivity index is 0.000000232. The van der Waals surface area contributed by atoms with Crippen LogP contribution in [0.15, 0.2) is 23.1 Å². The average molecular weight is 613 g/mol. The molecule has 0 amide bonds. The van der Waals surface area contributed by atoms with Crippen LogP contribution in [0.4, 0.5) is 18.3 Å². The van der Waals surface area contributed by atoms with E-state index in [4.69, 9.17) is 27.2 Å². The summed E-state index contributed by atoms with van der Waals surface area (Å²) >= 11 is 7.55. The van der Waals surface area contributed by atoms with Gasteiger partial charge in [-0.15, -0.1) is 21.5 Å². The van der Waals surface area contributed by atoms with E-state index in [0.717, 1.165) is 22.6 Å². The number of halogens is 4. The first kappa shape index (κ1) is 30.1. The molecule has 0 spiro atoms. The number of nitrogens with two attached hydrogens (primary N) is 1. The fourth-order valence-corrected chi connectivity index (χ4v) is 6.85. The molecular weight excluding hydrogens is 589 g/mol. The maximum absolute atomic E-state index is 12.6. The van der Waals surface area contributed by atoms with Crippen molar-refractivity contribution in [3.63, 3.8) is 0 Å². The standard InChI is InChI=1S/C14H17ClN4O2S2.C8H7F3O3S/c1-7(2)13-17-18-14(22-13)19-23(20,21)12-6-9-4-10(16)3-8(9)5-11(12)15;1-2-14-4-3-5(8(9,10)11)15-6(4)7(12)13/h5-7,10H,3-4,16H2,1-2H3,(H,18,19);3H,2H2,1H3,(H,12,13). The summed E-state index contributed by atoms with van der Waals surface area (Å²) in [6, 6.07) is 4.02. The zero-order chi connectivity index (χ0) is 28.4. The molecule has 1 aromatic carbocycles. The van der Waals surface area contributed by atoms with Gasteiger partial charge in [-0.05, 0) is 43.0 Å². The van der Waals surface area contributed by atoms with E-state index >= 15 is 0 Å². The van der Waals surface area contributed by atoms with Crippen LogP contribution in [0, 0.1) is 0 Å². The zero-order valence-corrected chi connectivity index (χ0v) is 23.5. The summed E-state index contributed by atoms with van der Waals surface area (Å²) in [6.45, 7) is 5.63. The van der Waals surface area contributed by atoms with Crippen LogP contribution in [0.1, 0.15) is 57.4 Å². The second kappa shape index (κ2) is 11.7. The number of aromatic nitrogens is 2. The molecule has 1 atom stereocenters. The van der Waals surface area contributed by atoms with Crippen LogP contribution < -0.4 is 15.2 Å². The molecule has 1 aliphatic rings. The Labute approximate surface area is 229 Å². The minimum absolute atomic E-state index is 0.0174. The fourth-order valence-electron chi connectivity index (χ4n) is 3.46. The summed E-state index contributed by atoms with van der Waals surface area (Å²) in [4.78, 5) is 9.25. The van der Waals surface area contributed by atoms with Crippen molar-refractivity contribution in [2.45, 2.75) is 56.6 Å². The van der Waals surface area contributed by atoms with Gasteiger partial charge in [-0.2, -0.15) is 13.2 Å². The first-order chi connectivity index (χ1) is 17.6. The fraction of sp³-hybridized carbons (Fsp3) is 0.409. The van der Waals surface area contributed by atoms with Gasteiger partial charge in [0.05, 0.1) is 11.6 Å². The third kappa shape index (κ3) is 7.14. The Morgan fingerprint density at radius 1 is 1.24 bits per heavy atom. The Hall–Kier alpha value is -2.46. The quantitative estimate of drug-likeness (QED) is 0.321. The lowest BCUT2D eigenvalue weighted by molar-refractivity contribution is -0.134. The van der Waals surface area contributed by atoms with E-state index in [-0.39, 0.29) is 50.7 Å². The number of hydrogen-bond acceptors (Lipinski definition) is 9. The summed E-state index contributed by atoms with van der Waals surface area (Å²) in [6.07, 6.45) is -3.16. The van der Waals surface area contributed by atoms with E-state index in [0.29, 0.717) is 12.5 Å². The highest BCUT2D eigenvalue weighted by molar-refractivity contribution is 7.93. The van der Waals surface area contributed by atoms with Gasteiger partial charge in [0.15, 0.2) is 4.88 Å². The first-order valence-electron chi connectivity index (χ1n) is 11.1. The summed E-state index contributed by atoms with van der Waals surface area (Å²) in [5, 5.41) is 17.7. The normalized spacial score (nSPS) is 15.1. The lowest BCUT2D eigenvalue weighted by Crippen LogP contribution is -2.19. The highest BCUT2D eigenvalue weighted by atomic mass is 35.5. The van der Waals surface area contributed by atoms with Gasteiger partial charge in [-0.1, -0.05) is 36.8 Å². The molecule has 0 bridgehead atoms. The number of rotatable bonds is 7. The molecule has 0 fully saturated rings. The smallest absolute Gasteiger partial charge is 0.425 e. The van der Waals surface area contributed by atoms with Crippen molar-refractivity contribution in [3.05, 3.63) is 49.1 Å². The van der Waals surface area contributed by atoms with Crippen molar-refractivity contribution in [1.82, 2.24) is 10.2 Å². The van der Waals surface area contributed by atoms with E-state index < -0.39 is 31.9 Å². The van der Waals surface area contributed by atoms with Crippen molar-refractivity contribution in [3.8, 4) is 5.75 Å². The molecule has 16 heteroatoms. The number of hydrogen-bond donors (Lipinski definition) is 3. The van der Waals surface area contributed by atoms with Crippen LogP contribution in [0.2, 0.25) is 5.02 Å². The highest BCUT2D eigenvalue weighted by Crippen LogP contribution is 2.40. The molecule has 0 aliphatic heterocycles. The lowest BCUT2D eigenvalue weighted by atomic mass is 10.1. The van der Waals surface area contributed by atoms with Crippen molar-refractivity contribution in [2.24, 2.45) is 5.73 Å². The number of nitrogens with zero attached hydrogens (tertiary/aromatic N) is 2. The minimum Gasteiger partial charge on any atom is -0.492 e. The molecular formula is C22H24ClF3N4O5S3. The number of thiophene rings is 1. The predicted octanol–water partition coefficient (Wildman–Crippen LogP) is 5.41. The van der Waals surface area contributed by atoms with Crippen molar-refractivity contribution in [1.29, 1.82) is 0 Å². The summed E-state index contributed by atoms with van der Waals surface area (Å²) in [5.74, 6) is -1.46. The molecule has 0 radical (unpaired) electrons. The molecule has 2 aromatic heterocycles. The number of carboxylic acid groups (broad SMARTS) is 1. The number of nitrogens with one attached hydrogen (secondary N) is 1. The number of fused-ring (bicyclic) bond motifs is 1. The molecule has 2 heterocycles. The van der Waals surface area contributed by atoms with Crippen LogP contribution in [0.5, 0.6) is 5.75 Å². The van der Waals surface area contributed by atoms with Gasteiger partial charge in [0.2, 0.25) is 5.13 Å². The van der Waals surface area contributed by atoms with Gasteiger partial charge >= 0.3 is 12.1 Å². The number of alkyl halides is 3. The molecule has 0 saturated carbocycles. The van der Waals surface area contributed by atoms with Crippen LogP contribution >= 0.6 is 34.3 Å². The average Bonchev–Trinajstić information content (AvgIpc) is 3.51. The van der Waals surface area contributed by atoms with E-state index in [1.807, 2.05) is 13.8 Å². The first-order valence-corrected chi connectivity index (χ1v) is 14.6. The number of sulfonamides is 1. The summed E-state index contributed by atoms with van der Waals surface area (Å²) in [5.41, 5.74) is 7.87. The maximum Gasteiger partial charge on any atom is 0.425 e. The third-order valence-corrected chi connectivity index (χ3v) is 9.36. The van der Waals surface area contributed by atoms with Crippen LogP contribution in [-0.2, 0) is 29.0 Å². The van der Waals surface area contributed by atoms with Gasteiger partial charge < -0.3 is 15.6 Å². The number of carboxylic acids is 1. The minimum atomic E-state index is -4.54. The van der Waals surface area contributed by atoms with Crippen molar-refractivity contribution < 1.29 is 36.2 Å². The zero-order valence-electron chi connectivity index (χ0n) is 20.3. The molecule has 208 valence electrons. The van der Waals surface area contributed by atoms with Crippen molar-refractivity contribution >= 4 is 55.4 Å². The van der Waals surface area contributed by atoms with Gasteiger partial charge in [0.1, 0.15) is 20.5 Å². The Morgan fingerprint density at radius 3 is 2.39 bits per heavy atom. The van der Waals surface area contributed by atoms with Crippen molar-refractivity contribution in [2.75, 3.05) is 11.3 Å². The lowest BCUT2D eigenvalue weighted by Gasteiger charge is -2.09. The molecule has 4 N–H and O–H groups in total. The molecule has 3 aromatic rings. The van der Waals surface area contributed by atoms with Gasteiger partial charge in [0, 0.05) is 18.0 Å². The van der Waals surface area contributed by atoms with E-state index in [1.54, 1.807) is 19.1 Å². The largest absolute Gasteiger partial charge is 0.492 e. The number of aromatic carboxylic acids is 1. The number of benzene rings is 1. The van der Waals surface area contributed by atoms with Crippen LogP contribution in [0.25, 0.3) is 0 Å². The monoisotopic (exact) mass is 612 g/mol. The number of anilines is 1. The third-order valence-electron chi connectivity index (χ3n) is 5.14. The van der Waals surface area contributed by atoms with Crippen LogP contribution in [-0.4, -0.2) is 42.3 Å². The molecule has 0 saturated heterocycles. The molecule has 1 unspecified atom stereocenters. The second-order valence-corrected chi connectivity index (χ2v) is 12.6. The Kier molecular flexibility index (Phi) is 9.29. The topological polar surface area (TPSA) is 144 Å². The molecule has 4 rings (SSSR count). The maximum atomic E-state index is 12.6. The van der Waals surface area contributed by atoms with E-state index in [1.165, 1.54) is 11.3 Å². The second-order valence-electron chi connectivity index (χ2n) is 8.47. The van der Waals surface area contributed by atoms with Gasteiger partial charge in [0.25, 0.3) is 10.0 Å². The Morgan fingerprint density at radius 2 is 1.87 bits per heavy atom. The SMILES string of the molecule is CC(C)c1nnc(NS(=O)(=O)c2cc3c(cc2Cl)CC(N)C3)s1.CCOc1cc(C(F)(F)F)sc1C(=O)O. The van der Waals surface area contributed by atoms with Gasteiger partial charge in [-0.25, -0.2) is 13.2 Å². The molecule has 38 heavy (non-hydrogen) atoms. The number of ether oxygens (including phenoxy) is 1. The molecule has 1 aliphatic carbocycles. The Bertz CT molecular complexity index is 1420. The van der Waals surface area contributed by atoms with E-state index in [2.05, 4.69) is 14.9 Å². The van der Waals surface area contributed by atoms with Gasteiger partial charge in [-0.3, -0.25) is 4.72 Å². The highest BCUT2D eigenvalue weighted by Gasteiger charge is 2.35. The predicted molar refractivity (Wildman–Crippen MR) is 139 cm³/mol. The summed E-state index contributed by atoms with van der Waals surface area (Å²) < 4.78 is 69.2. The van der Waals surface area contributed by atoms with Crippen LogP contribution in [0.3, 0.4) is 0 Å². The molecule has 9 nitrogen and oxygen atoms in total.